The van der Waals surface area contributed by atoms with Crippen LogP contribution in [0.15, 0.2) is 24.3 Å². The summed E-state index contributed by atoms with van der Waals surface area (Å²) in [4.78, 5) is 49.6. The first kappa shape index (κ1) is 19.9. The van der Waals surface area contributed by atoms with E-state index >= 15 is 0 Å². The highest BCUT2D eigenvalue weighted by Crippen LogP contribution is 2.32. The van der Waals surface area contributed by atoms with Crippen LogP contribution in [0, 0.1) is 11.8 Å². The molecule has 2 amide bonds. The number of piperidine rings is 1. The smallest absolute Gasteiger partial charge is 0.337 e. The minimum absolute atomic E-state index is 0.185. The van der Waals surface area contributed by atoms with Gasteiger partial charge < -0.3 is 19.7 Å². The van der Waals surface area contributed by atoms with Gasteiger partial charge in [0, 0.05) is 24.7 Å². The normalized spacial score (nSPS) is 17.0. The molecule has 0 unspecified atom stereocenters. The third-order valence-electron chi connectivity index (χ3n) is 4.98. The summed E-state index contributed by atoms with van der Waals surface area (Å²) in [5.41, 5.74) is 0.723. The van der Waals surface area contributed by atoms with Crippen molar-refractivity contribution in [3.8, 4) is 0 Å². The standard InChI is InChI=1S/C20H24N2O6/c1-27-19(25)15-3-2-4-16(11-15)21-17(23)12-28-20(26)14-7-9-22(10-8-14)18(24)13-5-6-13/h2-4,11,13-14H,5-10,12H2,1H3,(H,21,23). The maximum Gasteiger partial charge on any atom is 0.337 e. The van der Waals surface area contributed by atoms with E-state index in [1.807, 2.05) is 4.90 Å². The zero-order valence-corrected chi connectivity index (χ0v) is 15.8. The average molecular weight is 388 g/mol. The molecule has 1 N–H and O–H groups in total. The third kappa shape index (κ3) is 5.09. The van der Waals surface area contributed by atoms with Crippen LogP contribution in [0.3, 0.4) is 0 Å². The number of amides is 2. The molecule has 1 heterocycles. The molecule has 0 radical (unpaired) electrons. The molecule has 8 nitrogen and oxygen atoms in total. The second kappa shape index (κ2) is 8.86. The van der Waals surface area contributed by atoms with Gasteiger partial charge in [-0.05, 0) is 43.9 Å². The number of ether oxygens (including phenoxy) is 2. The fourth-order valence-corrected chi connectivity index (χ4v) is 3.22. The number of nitrogens with one attached hydrogen (secondary N) is 1. The Kier molecular flexibility index (Phi) is 6.28. The highest BCUT2D eigenvalue weighted by molar-refractivity contribution is 5.95. The summed E-state index contributed by atoms with van der Waals surface area (Å²) in [5, 5.41) is 2.58. The van der Waals surface area contributed by atoms with E-state index in [1.54, 1.807) is 18.2 Å². The number of anilines is 1. The molecule has 1 aliphatic carbocycles. The molecule has 3 rings (SSSR count). The average Bonchev–Trinajstić information content (AvgIpc) is 3.56. The first-order chi connectivity index (χ1) is 13.5. The molecule has 2 aliphatic rings. The van der Waals surface area contributed by atoms with Crippen molar-refractivity contribution < 1.29 is 28.7 Å². The van der Waals surface area contributed by atoms with Gasteiger partial charge in [-0.3, -0.25) is 14.4 Å². The van der Waals surface area contributed by atoms with E-state index in [-0.39, 0.29) is 17.7 Å². The predicted octanol–water partition coefficient (Wildman–Crippen LogP) is 1.60. The number of methoxy groups -OCH3 is 1. The topological polar surface area (TPSA) is 102 Å². The molecule has 1 saturated carbocycles. The van der Waals surface area contributed by atoms with Crippen LogP contribution in [0.25, 0.3) is 0 Å². The van der Waals surface area contributed by atoms with Crippen LogP contribution in [-0.4, -0.2) is 55.5 Å². The molecule has 0 aromatic heterocycles. The van der Waals surface area contributed by atoms with Gasteiger partial charge in [-0.2, -0.15) is 0 Å². The number of hydrogen-bond donors (Lipinski definition) is 1. The fraction of sp³-hybridized carbons (Fsp3) is 0.500. The van der Waals surface area contributed by atoms with Crippen LogP contribution in [0.2, 0.25) is 0 Å². The van der Waals surface area contributed by atoms with Crippen molar-refractivity contribution in [2.75, 3.05) is 32.1 Å². The Morgan fingerprint density at radius 1 is 1.07 bits per heavy atom. The van der Waals surface area contributed by atoms with Gasteiger partial charge in [0.1, 0.15) is 0 Å². The van der Waals surface area contributed by atoms with Gasteiger partial charge in [0.15, 0.2) is 6.61 Å². The second-order valence-corrected chi connectivity index (χ2v) is 7.10. The van der Waals surface area contributed by atoms with Crippen molar-refractivity contribution in [1.29, 1.82) is 0 Å². The third-order valence-corrected chi connectivity index (χ3v) is 4.98. The summed E-state index contributed by atoms with van der Waals surface area (Å²) < 4.78 is 9.76. The molecule has 8 heteroatoms. The molecule has 28 heavy (non-hydrogen) atoms. The van der Waals surface area contributed by atoms with Gasteiger partial charge >= 0.3 is 11.9 Å². The molecule has 0 atom stereocenters. The summed E-state index contributed by atoms with van der Waals surface area (Å²) in [5.74, 6) is -1.33. The maximum absolute atomic E-state index is 12.2. The van der Waals surface area contributed by atoms with E-state index in [4.69, 9.17) is 4.74 Å². The van der Waals surface area contributed by atoms with Gasteiger partial charge in [0.05, 0.1) is 18.6 Å². The van der Waals surface area contributed by atoms with Gasteiger partial charge in [-0.1, -0.05) is 6.07 Å². The van der Waals surface area contributed by atoms with Crippen molar-refractivity contribution in [2.24, 2.45) is 11.8 Å². The predicted molar refractivity (Wildman–Crippen MR) is 99.4 cm³/mol. The Labute approximate surface area is 163 Å². The molecule has 1 aromatic carbocycles. The van der Waals surface area contributed by atoms with E-state index in [1.165, 1.54) is 13.2 Å². The number of esters is 2. The van der Waals surface area contributed by atoms with Crippen LogP contribution in [-0.2, 0) is 23.9 Å². The lowest BCUT2D eigenvalue weighted by Crippen LogP contribution is -2.41. The Morgan fingerprint density at radius 3 is 2.43 bits per heavy atom. The highest BCUT2D eigenvalue weighted by atomic mass is 16.5. The van der Waals surface area contributed by atoms with Crippen LogP contribution in [0.1, 0.15) is 36.0 Å². The second-order valence-electron chi connectivity index (χ2n) is 7.10. The Morgan fingerprint density at radius 2 is 1.79 bits per heavy atom. The highest BCUT2D eigenvalue weighted by Gasteiger charge is 2.36. The summed E-state index contributed by atoms with van der Waals surface area (Å²) in [6.45, 7) is 0.714. The summed E-state index contributed by atoms with van der Waals surface area (Å²) in [6.07, 6.45) is 3.05. The zero-order valence-electron chi connectivity index (χ0n) is 15.8. The quantitative estimate of drug-likeness (QED) is 0.743. The minimum atomic E-state index is -0.506. The van der Waals surface area contributed by atoms with E-state index in [0.717, 1.165) is 12.8 Å². The van der Waals surface area contributed by atoms with Crippen LogP contribution in [0.4, 0.5) is 5.69 Å². The monoisotopic (exact) mass is 388 g/mol. The number of carbonyl (C=O) groups is 4. The van der Waals surface area contributed by atoms with Crippen molar-refractivity contribution in [1.82, 2.24) is 4.90 Å². The summed E-state index contributed by atoms with van der Waals surface area (Å²) in [6, 6.07) is 6.29. The molecule has 0 bridgehead atoms. The lowest BCUT2D eigenvalue weighted by molar-refractivity contribution is -0.154. The van der Waals surface area contributed by atoms with E-state index in [0.29, 0.717) is 37.2 Å². The van der Waals surface area contributed by atoms with Crippen molar-refractivity contribution in [3.63, 3.8) is 0 Å². The Bertz CT molecular complexity index is 766. The lowest BCUT2D eigenvalue weighted by Gasteiger charge is -2.31. The number of nitrogens with zero attached hydrogens (tertiary/aromatic N) is 1. The number of rotatable bonds is 6. The van der Waals surface area contributed by atoms with E-state index < -0.39 is 24.5 Å². The molecular weight excluding hydrogens is 364 g/mol. The number of benzene rings is 1. The van der Waals surface area contributed by atoms with Crippen molar-refractivity contribution in [3.05, 3.63) is 29.8 Å². The van der Waals surface area contributed by atoms with Crippen LogP contribution in [0.5, 0.6) is 0 Å². The Hall–Kier alpha value is -2.90. The molecular formula is C20H24N2O6. The lowest BCUT2D eigenvalue weighted by atomic mass is 9.97. The van der Waals surface area contributed by atoms with E-state index in [9.17, 15) is 19.2 Å². The van der Waals surface area contributed by atoms with Gasteiger partial charge in [-0.25, -0.2) is 4.79 Å². The molecule has 1 aliphatic heterocycles. The fourth-order valence-electron chi connectivity index (χ4n) is 3.22. The molecule has 1 saturated heterocycles. The maximum atomic E-state index is 12.2. The van der Waals surface area contributed by atoms with Gasteiger partial charge in [-0.15, -0.1) is 0 Å². The zero-order chi connectivity index (χ0) is 20.1. The van der Waals surface area contributed by atoms with E-state index in [2.05, 4.69) is 10.1 Å². The molecule has 2 fully saturated rings. The molecule has 1 aromatic rings. The summed E-state index contributed by atoms with van der Waals surface area (Å²) >= 11 is 0. The van der Waals surface area contributed by atoms with Crippen LogP contribution >= 0.6 is 0 Å². The van der Waals surface area contributed by atoms with Gasteiger partial charge in [0.25, 0.3) is 5.91 Å². The minimum Gasteiger partial charge on any atom is -0.465 e. The molecule has 150 valence electrons. The van der Waals surface area contributed by atoms with Crippen molar-refractivity contribution >= 4 is 29.4 Å². The Balaban J connectivity index is 1.41. The van der Waals surface area contributed by atoms with Crippen LogP contribution < -0.4 is 5.32 Å². The van der Waals surface area contributed by atoms with Gasteiger partial charge in [0.2, 0.25) is 5.91 Å². The largest absolute Gasteiger partial charge is 0.465 e. The summed E-state index contributed by atoms with van der Waals surface area (Å²) in [7, 11) is 1.28. The first-order valence-corrected chi connectivity index (χ1v) is 9.41. The SMILES string of the molecule is COC(=O)c1cccc(NC(=O)COC(=O)C2CCN(C(=O)C3CC3)CC2)c1. The first-order valence-electron chi connectivity index (χ1n) is 9.41. The number of hydrogen-bond acceptors (Lipinski definition) is 6. The number of carbonyl (C=O) groups excluding carboxylic acids is 4. The molecule has 0 spiro atoms. The van der Waals surface area contributed by atoms with Crippen molar-refractivity contribution in [2.45, 2.75) is 25.7 Å². The number of likely N-dealkylation sites (tertiary alicyclic amines) is 1.